The van der Waals surface area contributed by atoms with E-state index in [0.29, 0.717) is 18.6 Å². The highest BCUT2D eigenvalue weighted by atomic mass is 16.5. The zero-order valence-corrected chi connectivity index (χ0v) is 10.4. The van der Waals surface area contributed by atoms with Crippen molar-refractivity contribution in [3.63, 3.8) is 0 Å². The fourth-order valence-corrected chi connectivity index (χ4v) is 3.01. The van der Waals surface area contributed by atoms with Gasteiger partial charge in [-0.05, 0) is 44.9 Å². The second kappa shape index (κ2) is 5.48. The molecule has 2 aliphatic rings. The Morgan fingerprint density at radius 3 is 2.81 bits per heavy atom. The summed E-state index contributed by atoms with van der Waals surface area (Å²) < 4.78 is 5.44. The molecular weight excluding hydrogens is 202 g/mol. The molecule has 0 amide bonds. The molecule has 3 heteroatoms. The molecule has 0 radical (unpaired) electrons. The monoisotopic (exact) mass is 227 g/mol. The van der Waals surface area contributed by atoms with E-state index in [0.717, 1.165) is 26.1 Å². The summed E-state index contributed by atoms with van der Waals surface area (Å²) in [5, 5.41) is 13.4. The van der Waals surface area contributed by atoms with E-state index in [1.54, 1.807) is 0 Å². The van der Waals surface area contributed by atoms with E-state index in [-0.39, 0.29) is 5.54 Å². The molecule has 0 aromatic heterocycles. The molecule has 0 saturated heterocycles. The number of hydrogen-bond donors (Lipinski definition) is 2. The van der Waals surface area contributed by atoms with Crippen LogP contribution in [0.25, 0.3) is 0 Å². The molecule has 16 heavy (non-hydrogen) atoms. The third-order valence-corrected chi connectivity index (χ3v) is 4.12. The molecule has 0 aromatic carbocycles. The Morgan fingerprint density at radius 1 is 1.38 bits per heavy atom. The molecule has 2 N–H and O–H groups in total. The van der Waals surface area contributed by atoms with E-state index in [1.165, 1.54) is 25.7 Å². The van der Waals surface area contributed by atoms with Gasteiger partial charge in [0.25, 0.3) is 0 Å². The number of rotatable bonds is 7. The summed E-state index contributed by atoms with van der Waals surface area (Å²) in [4.78, 5) is 0. The molecule has 0 aliphatic heterocycles. The van der Waals surface area contributed by atoms with Gasteiger partial charge < -0.3 is 15.2 Å². The molecule has 0 aromatic rings. The van der Waals surface area contributed by atoms with Crippen molar-refractivity contribution < 1.29 is 9.84 Å². The maximum absolute atomic E-state index is 9.72. The Hall–Kier alpha value is -0.120. The molecule has 2 fully saturated rings. The molecule has 2 rings (SSSR count). The summed E-state index contributed by atoms with van der Waals surface area (Å²) in [5.41, 5.74) is 0.0122. The minimum absolute atomic E-state index is 0.0122. The fourth-order valence-electron chi connectivity index (χ4n) is 3.01. The van der Waals surface area contributed by atoms with E-state index < -0.39 is 0 Å². The highest BCUT2D eigenvalue weighted by Gasteiger charge is 2.44. The van der Waals surface area contributed by atoms with Crippen molar-refractivity contribution in [3.05, 3.63) is 0 Å². The zero-order chi connectivity index (χ0) is 11.4. The van der Waals surface area contributed by atoms with Gasteiger partial charge in [0.15, 0.2) is 0 Å². The smallest absolute Gasteiger partial charge is 0.0616 e. The van der Waals surface area contributed by atoms with E-state index in [1.807, 2.05) is 6.92 Å². The summed E-state index contributed by atoms with van der Waals surface area (Å²) in [6, 6.07) is 0.680. The highest BCUT2D eigenvalue weighted by Crippen LogP contribution is 2.40. The van der Waals surface area contributed by atoms with Crippen molar-refractivity contribution in [1.29, 1.82) is 0 Å². The number of nitrogens with one attached hydrogen (secondary N) is 1. The predicted molar refractivity (Wildman–Crippen MR) is 64.4 cm³/mol. The Labute approximate surface area is 98.6 Å². The Morgan fingerprint density at radius 2 is 2.19 bits per heavy atom. The van der Waals surface area contributed by atoms with E-state index in [2.05, 4.69) is 5.32 Å². The first kappa shape index (κ1) is 12.3. The van der Waals surface area contributed by atoms with Crippen LogP contribution in [0.1, 0.15) is 45.4 Å². The number of aliphatic hydroxyl groups is 1. The van der Waals surface area contributed by atoms with Gasteiger partial charge in [-0.2, -0.15) is 0 Å². The lowest BCUT2D eigenvalue weighted by atomic mass is 9.85. The molecule has 2 atom stereocenters. The molecule has 0 spiro atoms. The van der Waals surface area contributed by atoms with Crippen LogP contribution < -0.4 is 5.32 Å². The summed E-state index contributed by atoms with van der Waals surface area (Å²) in [6.07, 6.45) is 7.30. The van der Waals surface area contributed by atoms with Gasteiger partial charge >= 0.3 is 0 Å². The minimum atomic E-state index is 0.0122. The van der Waals surface area contributed by atoms with Crippen LogP contribution in [-0.4, -0.2) is 36.5 Å². The molecule has 2 saturated carbocycles. The van der Waals surface area contributed by atoms with Gasteiger partial charge in [-0.3, -0.25) is 0 Å². The van der Waals surface area contributed by atoms with Gasteiger partial charge in [0.2, 0.25) is 0 Å². The highest BCUT2D eigenvalue weighted by molar-refractivity contribution is 5.02. The fraction of sp³-hybridized carbons (Fsp3) is 1.00. The van der Waals surface area contributed by atoms with Gasteiger partial charge in [0.05, 0.1) is 6.61 Å². The van der Waals surface area contributed by atoms with Crippen molar-refractivity contribution in [2.24, 2.45) is 5.92 Å². The van der Waals surface area contributed by atoms with Gasteiger partial charge in [-0.1, -0.05) is 6.42 Å². The van der Waals surface area contributed by atoms with Crippen molar-refractivity contribution in [1.82, 2.24) is 5.32 Å². The largest absolute Gasteiger partial charge is 0.394 e. The average Bonchev–Trinajstić information content (AvgIpc) is 3.01. The van der Waals surface area contributed by atoms with Crippen LogP contribution in [-0.2, 0) is 4.74 Å². The van der Waals surface area contributed by atoms with Crippen LogP contribution in [0.4, 0.5) is 0 Å². The summed E-state index contributed by atoms with van der Waals surface area (Å²) >= 11 is 0. The molecule has 3 nitrogen and oxygen atoms in total. The van der Waals surface area contributed by atoms with Crippen LogP contribution >= 0.6 is 0 Å². The van der Waals surface area contributed by atoms with Crippen LogP contribution in [0.3, 0.4) is 0 Å². The normalized spacial score (nSPS) is 34.5. The van der Waals surface area contributed by atoms with Crippen molar-refractivity contribution in [2.75, 3.05) is 19.8 Å². The predicted octanol–water partition coefficient (Wildman–Crippen LogP) is 1.70. The average molecular weight is 227 g/mol. The first-order chi connectivity index (χ1) is 7.80. The number of ether oxygens (including phenoxy) is 1. The van der Waals surface area contributed by atoms with Crippen LogP contribution in [0.2, 0.25) is 0 Å². The van der Waals surface area contributed by atoms with E-state index >= 15 is 0 Å². The van der Waals surface area contributed by atoms with Gasteiger partial charge in [-0.25, -0.2) is 0 Å². The molecule has 2 aliphatic carbocycles. The minimum Gasteiger partial charge on any atom is -0.394 e. The standard InChI is InChI=1S/C13H25NO2/c1-2-16-9-7-11-4-3-8-13(11,10-15)14-12-5-6-12/h11-12,14-15H,2-10H2,1H3. The molecule has 0 heterocycles. The lowest BCUT2D eigenvalue weighted by Crippen LogP contribution is -2.52. The summed E-state index contributed by atoms with van der Waals surface area (Å²) in [5.74, 6) is 0.602. The second-order valence-electron chi connectivity index (χ2n) is 5.31. The zero-order valence-electron chi connectivity index (χ0n) is 10.4. The second-order valence-corrected chi connectivity index (χ2v) is 5.31. The molecule has 94 valence electrons. The van der Waals surface area contributed by atoms with Crippen molar-refractivity contribution in [2.45, 2.75) is 57.0 Å². The lowest BCUT2D eigenvalue weighted by Gasteiger charge is -2.35. The van der Waals surface area contributed by atoms with Crippen molar-refractivity contribution in [3.8, 4) is 0 Å². The van der Waals surface area contributed by atoms with Gasteiger partial charge in [0.1, 0.15) is 0 Å². The topological polar surface area (TPSA) is 41.5 Å². The molecular formula is C13H25NO2. The van der Waals surface area contributed by atoms with Crippen LogP contribution in [0.5, 0.6) is 0 Å². The third-order valence-electron chi connectivity index (χ3n) is 4.12. The summed E-state index contributed by atoms with van der Waals surface area (Å²) in [6.45, 7) is 3.97. The van der Waals surface area contributed by atoms with Gasteiger partial charge in [0, 0.05) is 24.8 Å². The summed E-state index contributed by atoms with van der Waals surface area (Å²) in [7, 11) is 0. The Balaban J connectivity index is 1.87. The van der Waals surface area contributed by atoms with E-state index in [9.17, 15) is 5.11 Å². The first-order valence-electron chi connectivity index (χ1n) is 6.77. The molecule has 2 unspecified atom stereocenters. The van der Waals surface area contributed by atoms with Crippen molar-refractivity contribution >= 4 is 0 Å². The SMILES string of the molecule is CCOCCC1CCCC1(CO)NC1CC1. The Bertz CT molecular complexity index is 218. The lowest BCUT2D eigenvalue weighted by molar-refractivity contribution is 0.0824. The number of aliphatic hydroxyl groups excluding tert-OH is 1. The maximum Gasteiger partial charge on any atom is 0.0616 e. The van der Waals surface area contributed by atoms with Gasteiger partial charge in [-0.15, -0.1) is 0 Å². The Kier molecular flexibility index (Phi) is 4.22. The first-order valence-corrected chi connectivity index (χ1v) is 6.77. The van der Waals surface area contributed by atoms with Crippen LogP contribution in [0.15, 0.2) is 0 Å². The third kappa shape index (κ3) is 2.76. The maximum atomic E-state index is 9.72. The van der Waals surface area contributed by atoms with E-state index in [4.69, 9.17) is 4.74 Å². The molecule has 0 bridgehead atoms. The number of hydrogen-bond acceptors (Lipinski definition) is 3. The van der Waals surface area contributed by atoms with Crippen LogP contribution in [0, 0.1) is 5.92 Å². The quantitative estimate of drug-likeness (QED) is 0.650.